The minimum atomic E-state index is -0.232. The fourth-order valence-corrected chi connectivity index (χ4v) is 3.11. The number of benzene rings is 2. The molecule has 0 atom stereocenters. The Bertz CT molecular complexity index is 881. The van der Waals surface area contributed by atoms with Gasteiger partial charge in [0.1, 0.15) is 11.6 Å². The number of aromatic nitrogens is 2. The van der Waals surface area contributed by atoms with Gasteiger partial charge in [0.15, 0.2) is 5.16 Å². The summed E-state index contributed by atoms with van der Waals surface area (Å²) in [6.07, 6.45) is 0. The van der Waals surface area contributed by atoms with Crippen LogP contribution in [0, 0.1) is 26.6 Å². The lowest BCUT2D eigenvalue weighted by atomic mass is 10.1. The summed E-state index contributed by atoms with van der Waals surface area (Å²) in [7, 11) is 0. The summed E-state index contributed by atoms with van der Waals surface area (Å²) in [6.45, 7) is 6.03. The van der Waals surface area contributed by atoms with E-state index in [9.17, 15) is 4.39 Å². The lowest BCUT2D eigenvalue weighted by Gasteiger charge is -2.09. The molecule has 0 fully saturated rings. The smallest absolute Gasteiger partial charge is 0.223 e. The van der Waals surface area contributed by atoms with Crippen LogP contribution >= 0.6 is 11.8 Å². The van der Waals surface area contributed by atoms with Crippen LogP contribution in [0.15, 0.2) is 53.7 Å². The second-order valence-electron chi connectivity index (χ2n) is 5.89. The molecule has 3 aromatic rings. The Morgan fingerprint density at radius 3 is 2.40 bits per heavy atom. The number of hydrogen-bond acceptors (Lipinski definition) is 4. The molecule has 0 spiro atoms. The van der Waals surface area contributed by atoms with Crippen molar-refractivity contribution in [3.63, 3.8) is 0 Å². The Balaban J connectivity index is 1.73. The highest BCUT2D eigenvalue weighted by molar-refractivity contribution is 7.98. The minimum absolute atomic E-state index is 0.232. The molecule has 1 aromatic heterocycles. The van der Waals surface area contributed by atoms with Crippen LogP contribution in [0.25, 0.3) is 0 Å². The molecule has 128 valence electrons. The van der Waals surface area contributed by atoms with E-state index < -0.39 is 0 Å². The van der Waals surface area contributed by atoms with E-state index in [1.54, 1.807) is 12.1 Å². The Labute approximate surface area is 151 Å². The summed E-state index contributed by atoms with van der Waals surface area (Å²) in [6, 6.07) is 14.2. The predicted molar refractivity (Wildman–Crippen MR) is 98.7 cm³/mol. The van der Waals surface area contributed by atoms with Crippen molar-refractivity contribution in [1.82, 2.24) is 9.97 Å². The molecular formula is C20H19FN2OS. The Hall–Kier alpha value is -2.40. The first-order chi connectivity index (χ1) is 12.0. The van der Waals surface area contributed by atoms with Crippen LogP contribution < -0.4 is 4.74 Å². The van der Waals surface area contributed by atoms with Crippen molar-refractivity contribution in [3.05, 3.63) is 76.7 Å². The summed E-state index contributed by atoms with van der Waals surface area (Å²) < 4.78 is 18.9. The van der Waals surface area contributed by atoms with E-state index in [2.05, 4.69) is 23.8 Å². The molecule has 5 heteroatoms. The van der Waals surface area contributed by atoms with Crippen LogP contribution in [-0.4, -0.2) is 9.97 Å². The fraction of sp³-hybridized carbons (Fsp3) is 0.200. The zero-order chi connectivity index (χ0) is 17.8. The molecule has 0 saturated heterocycles. The Morgan fingerprint density at radius 1 is 0.920 bits per heavy atom. The van der Waals surface area contributed by atoms with Gasteiger partial charge in [-0.25, -0.2) is 9.37 Å². The van der Waals surface area contributed by atoms with Crippen LogP contribution in [0.4, 0.5) is 4.39 Å². The van der Waals surface area contributed by atoms with Gasteiger partial charge in [-0.05, 0) is 61.7 Å². The van der Waals surface area contributed by atoms with Crippen LogP contribution in [0.5, 0.6) is 11.6 Å². The second-order valence-corrected chi connectivity index (χ2v) is 6.84. The molecule has 0 amide bonds. The van der Waals surface area contributed by atoms with E-state index >= 15 is 0 Å². The quantitative estimate of drug-likeness (QED) is 0.440. The second kappa shape index (κ2) is 7.66. The third-order valence-corrected chi connectivity index (χ3v) is 4.71. The molecule has 0 bridgehead atoms. The lowest BCUT2D eigenvalue weighted by molar-refractivity contribution is 0.454. The normalized spacial score (nSPS) is 10.7. The predicted octanol–water partition coefficient (Wildman–Crippen LogP) is 5.63. The largest absolute Gasteiger partial charge is 0.439 e. The molecule has 1 heterocycles. The first-order valence-electron chi connectivity index (χ1n) is 7.97. The first-order valence-corrected chi connectivity index (χ1v) is 8.96. The lowest BCUT2D eigenvalue weighted by Crippen LogP contribution is -1.96. The zero-order valence-corrected chi connectivity index (χ0v) is 15.2. The molecule has 2 aromatic carbocycles. The molecule has 0 saturated carbocycles. The number of halogens is 1. The summed E-state index contributed by atoms with van der Waals surface area (Å²) in [5, 5.41) is 0.642. The van der Waals surface area contributed by atoms with Crippen LogP contribution in [0.2, 0.25) is 0 Å². The molecular weight excluding hydrogens is 335 g/mol. The van der Waals surface area contributed by atoms with E-state index in [4.69, 9.17) is 4.74 Å². The number of aryl methyl sites for hydroxylation is 3. The highest BCUT2D eigenvalue weighted by Gasteiger charge is 2.07. The highest BCUT2D eigenvalue weighted by atomic mass is 32.2. The fourth-order valence-electron chi connectivity index (χ4n) is 2.26. The first kappa shape index (κ1) is 17.4. The number of ether oxygens (including phenoxy) is 1. The molecule has 0 aliphatic carbocycles. The van der Waals surface area contributed by atoms with E-state index in [1.165, 1.54) is 35.0 Å². The average molecular weight is 354 g/mol. The summed E-state index contributed by atoms with van der Waals surface area (Å²) in [5.41, 5.74) is 4.26. The van der Waals surface area contributed by atoms with Gasteiger partial charge in [0.2, 0.25) is 5.88 Å². The van der Waals surface area contributed by atoms with Gasteiger partial charge < -0.3 is 4.74 Å². The topological polar surface area (TPSA) is 35.0 Å². The maximum Gasteiger partial charge on any atom is 0.223 e. The van der Waals surface area contributed by atoms with Gasteiger partial charge in [0.05, 0.1) is 0 Å². The van der Waals surface area contributed by atoms with Crippen molar-refractivity contribution < 1.29 is 9.13 Å². The maximum absolute atomic E-state index is 13.0. The zero-order valence-electron chi connectivity index (χ0n) is 14.4. The van der Waals surface area contributed by atoms with Crippen molar-refractivity contribution in [2.24, 2.45) is 0 Å². The summed E-state index contributed by atoms with van der Waals surface area (Å²) in [4.78, 5) is 8.91. The standard InChI is InChI=1S/C20H19FN2OS/c1-13-4-9-18(10-14(13)2)24-19-11-15(3)22-20(23-19)25-12-16-5-7-17(21)8-6-16/h4-11H,12H2,1-3H3. The van der Waals surface area contributed by atoms with E-state index in [-0.39, 0.29) is 5.82 Å². The number of rotatable bonds is 5. The van der Waals surface area contributed by atoms with Gasteiger partial charge in [-0.3, -0.25) is 0 Å². The monoisotopic (exact) mass is 354 g/mol. The number of nitrogens with zero attached hydrogens (tertiary/aromatic N) is 2. The molecule has 0 unspecified atom stereocenters. The molecule has 0 N–H and O–H groups in total. The third kappa shape index (κ3) is 4.79. The van der Waals surface area contributed by atoms with E-state index in [0.717, 1.165) is 17.0 Å². The Morgan fingerprint density at radius 2 is 1.68 bits per heavy atom. The molecule has 0 aliphatic rings. The SMILES string of the molecule is Cc1cc(Oc2ccc(C)c(C)c2)nc(SCc2ccc(F)cc2)n1. The third-order valence-electron chi connectivity index (χ3n) is 3.79. The molecule has 0 aliphatic heterocycles. The van der Waals surface area contributed by atoms with Gasteiger partial charge in [-0.1, -0.05) is 30.0 Å². The van der Waals surface area contributed by atoms with Gasteiger partial charge in [-0.15, -0.1) is 0 Å². The van der Waals surface area contributed by atoms with E-state index in [1.807, 2.05) is 31.2 Å². The Kier molecular flexibility index (Phi) is 5.34. The average Bonchev–Trinajstić information content (AvgIpc) is 2.57. The molecule has 3 rings (SSSR count). The van der Waals surface area contributed by atoms with Gasteiger partial charge in [0, 0.05) is 17.5 Å². The van der Waals surface area contributed by atoms with Crippen molar-refractivity contribution in [1.29, 1.82) is 0 Å². The highest BCUT2D eigenvalue weighted by Crippen LogP contribution is 2.26. The molecule has 3 nitrogen and oxygen atoms in total. The molecule has 0 radical (unpaired) electrons. The van der Waals surface area contributed by atoms with Crippen LogP contribution in [0.3, 0.4) is 0 Å². The van der Waals surface area contributed by atoms with Crippen molar-refractivity contribution in [2.75, 3.05) is 0 Å². The minimum Gasteiger partial charge on any atom is -0.439 e. The summed E-state index contributed by atoms with van der Waals surface area (Å²) in [5.74, 6) is 1.73. The maximum atomic E-state index is 13.0. The number of thioether (sulfide) groups is 1. The van der Waals surface area contributed by atoms with Crippen LogP contribution in [-0.2, 0) is 5.75 Å². The van der Waals surface area contributed by atoms with Gasteiger partial charge in [-0.2, -0.15) is 4.98 Å². The molecule has 25 heavy (non-hydrogen) atoms. The van der Waals surface area contributed by atoms with Crippen molar-refractivity contribution in [2.45, 2.75) is 31.7 Å². The van der Waals surface area contributed by atoms with Gasteiger partial charge >= 0.3 is 0 Å². The van der Waals surface area contributed by atoms with Crippen LogP contribution in [0.1, 0.15) is 22.4 Å². The van der Waals surface area contributed by atoms with E-state index in [0.29, 0.717) is 16.8 Å². The van der Waals surface area contributed by atoms with Gasteiger partial charge in [0.25, 0.3) is 0 Å². The van der Waals surface area contributed by atoms with Crippen molar-refractivity contribution >= 4 is 11.8 Å². The van der Waals surface area contributed by atoms with Crippen molar-refractivity contribution in [3.8, 4) is 11.6 Å². The number of hydrogen-bond donors (Lipinski definition) is 0. The summed E-state index contributed by atoms with van der Waals surface area (Å²) >= 11 is 1.50.